The molecule has 0 spiro atoms. The first-order valence-electron chi connectivity index (χ1n) is 8.11. The van der Waals surface area contributed by atoms with Gasteiger partial charge in [0.2, 0.25) is 0 Å². The first kappa shape index (κ1) is 16.2. The summed E-state index contributed by atoms with van der Waals surface area (Å²) in [6.45, 7) is 8.00. The number of likely N-dealkylation sites (tertiary alicyclic amines) is 1. The highest BCUT2D eigenvalue weighted by Gasteiger charge is 2.22. The van der Waals surface area contributed by atoms with Gasteiger partial charge in [0.1, 0.15) is 0 Å². The zero-order valence-electron chi connectivity index (χ0n) is 12.7. The van der Waals surface area contributed by atoms with Crippen LogP contribution in [0.5, 0.6) is 0 Å². The lowest BCUT2D eigenvalue weighted by molar-refractivity contribution is -0.0166. The van der Waals surface area contributed by atoms with Crippen LogP contribution in [0.3, 0.4) is 0 Å². The van der Waals surface area contributed by atoms with Gasteiger partial charge >= 0.3 is 0 Å². The molecule has 0 aliphatic carbocycles. The first-order valence-corrected chi connectivity index (χ1v) is 8.11. The average Bonchev–Trinajstić information content (AvgIpc) is 3.09. The summed E-state index contributed by atoms with van der Waals surface area (Å²) >= 11 is 0. The van der Waals surface area contributed by atoms with Crippen LogP contribution in [0.1, 0.15) is 32.6 Å². The predicted octanol–water partition coefficient (Wildman–Crippen LogP) is 0.617. The Morgan fingerprint density at radius 3 is 3.05 bits per heavy atom. The maximum atomic E-state index is 9.88. The summed E-state index contributed by atoms with van der Waals surface area (Å²) in [5.41, 5.74) is 0. The molecule has 3 atom stereocenters. The van der Waals surface area contributed by atoms with Crippen LogP contribution in [0.4, 0.5) is 0 Å². The van der Waals surface area contributed by atoms with Crippen molar-refractivity contribution in [3.63, 3.8) is 0 Å². The molecule has 2 saturated heterocycles. The van der Waals surface area contributed by atoms with Gasteiger partial charge in [-0.3, -0.25) is 4.90 Å². The Bertz CT molecular complexity index is 260. The minimum absolute atomic E-state index is 0.242. The third kappa shape index (κ3) is 5.30. The smallest absolute Gasteiger partial charge is 0.0897 e. The van der Waals surface area contributed by atoms with Gasteiger partial charge in [0.25, 0.3) is 0 Å². The van der Waals surface area contributed by atoms with Crippen molar-refractivity contribution >= 4 is 0 Å². The topological polar surface area (TPSA) is 54.0 Å². The molecular weight excluding hydrogens is 256 g/mol. The fourth-order valence-corrected chi connectivity index (χ4v) is 3.13. The summed E-state index contributed by atoms with van der Waals surface area (Å²) in [5.74, 6) is 0. The molecule has 2 N–H and O–H groups in total. The second kappa shape index (κ2) is 8.95. The van der Waals surface area contributed by atoms with Gasteiger partial charge in [-0.05, 0) is 38.8 Å². The zero-order chi connectivity index (χ0) is 14.2. The second-order valence-corrected chi connectivity index (χ2v) is 5.91. The Balaban J connectivity index is 1.48. The Hall–Kier alpha value is -0.200. The summed E-state index contributed by atoms with van der Waals surface area (Å²) in [4.78, 5) is 2.51. The number of hydrogen-bond acceptors (Lipinski definition) is 5. The van der Waals surface area contributed by atoms with Crippen LogP contribution in [0.15, 0.2) is 0 Å². The molecule has 2 rings (SSSR count). The van der Waals surface area contributed by atoms with Gasteiger partial charge in [-0.1, -0.05) is 6.92 Å². The van der Waals surface area contributed by atoms with E-state index in [0.29, 0.717) is 25.8 Å². The maximum Gasteiger partial charge on any atom is 0.0897 e. The number of rotatable bonds is 9. The van der Waals surface area contributed by atoms with Crippen molar-refractivity contribution in [2.75, 3.05) is 46.0 Å². The number of likely N-dealkylation sites (N-methyl/N-ethyl adjacent to an activating group) is 1. The Morgan fingerprint density at radius 1 is 1.40 bits per heavy atom. The molecular formula is C15H30N2O3. The van der Waals surface area contributed by atoms with Gasteiger partial charge in [-0.15, -0.1) is 0 Å². The molecule has 2 heterocycles. The van der Waals surface area contributed by atoms with Crippen molar-refractivity contribution < 1.29 is 14.6 Å². The summed E-state index contributed by atoms with van der Waals surface area (Å²) in [6, 6.07) is 0.639. The molecule has 20 heavy (non-hydrogen) atoms. The quantitative estimate of drug-likeness (QED) is 0.651. The molecule has 0 aromatic rings. The number of aliphatic hydroxyl groups excluding tert-OH is 1. The van der Waals surface area contributed by atoms with Crippen molar-refractivity contribution in [2.24, 2.45) is 0 Å². The Morgan fingerprint density at radius 2 is 2.30 bits per heavy atom. The van der Waals surface area contributed by atoms with E-state index in [4.69, 9.17) is 9.47 Å². The molecule has 0 aromatic carbocycles. The minimum Gasteiger partial charge on any atom is -0.389 e. The van der Waals surface area contributed by atoms with E-state index in [9.17, 15) is 5.11 Å². The monoisotopic (exact) mass is 286 g/mol. The van der Waals surface area contributed by atoms with E-state index in [-0.39, 0.29) is 6.10 Å². The van der Waals surface area contributed by atoms with Crippen molar-refractivity contribution in [1.82, 2.24) is 10.2 Å². The van der Waals surface area contributed by atoms with E-state index < -0.39 is 6.10 Å². The molecule has 2 aliphatic heterocycles. The molecule has 2 fully saturated rings. The van der Waals surface area contributed by atoms with Crippen LogP contribution >= 0.6 is 0 Å². The lowest BCUT2D eigenvalue weighted by Crippen LogP contribution is -2.41. The highest BCUT2D eigenvalue weighted by Crippen LogP contribution is 2.15. The third-order valence-corrected chi connectivity index (χ3v) is 4.30. The molecule has 5 heteroatoms. The SMILES string of the molecule is CCN1CCC[C@@H]1CNC[C@@H](O)COC[C@H]1CCCO1. The van der Waals surface area contributed by atoms with E-state index in [1.807, 2.05) is 0 Å². The minimum atomic E-state index is -0.423. The second-order valence-electron chi connectivity index (χ2n) is 5.91. The summed E-state index contributed by atoms with van der Waals surface area (Å²) in [5, 5.41) is 13.2. The molecule has 0 bridgehead atoms. The van der Waals surface area contributed by atoms with Crippen LogP contribution in [0, 0.1) is 0 Å². The van der Waals surface area contributed by atoms with E-state index in [1.54, 1.807) is 0 Å². The van der Waals surface area contributed by atoms with Gasteiger partial charge in [-0.2, -0.15) is 0 Å². The largest absolute Gasteiger partial charge is 0.389 e. The van der Waals surface area contributed by atoms with E-state index in [1.165, 1.54) is 19.4 Å². The number of aliphatic hydroxyl groups is 1. The van der Waals surface area contributed by atoms with Crippen molar-refractivity contribution in [2.45, 2.75) is 50.9 Å². The lowest BCUT2D eigenvalue weighted by Gasteiger charge is -2.23. The molecule has 0 amide bonds. The fraction of sp³-hybridized carbons (Fsp3) is 1.00. The maximum absolute atomic E-state index is 9.88. The lowest BCUT2D eigenvalue weighted by atomic mass is 10.2. The van der Waals surface area contributed by atoms with Crippen molar-refractivity contribution in [3.8, 4) is 0 Å². The van der Waals surface area contributed by atoms with Gasteiger partial charge in [0, 0.05) is 25.7 Å². The van der Waals surface area contributed by atoms with Crippen molar-refractivity contribution in [1.29, 1.82) is 0 Å². The highest BCUT2D eigenvalue weighted by molar-refractivity contribution is 4.80. The van der Waals surface area contributed by atoms with Crippen LogP contribution in [-0.2, 0) is 9.47 Å². The van der Waals surface area contributed by atoms with Crippen LogP contribution in [0.25, 0.3) is 0 Å². The number of hydrogen-bond donors (Lipinski definition) is 2. The highest BCUT2D eigenvalue weighted by atomic mass is 16.5. The summed E-state index contributed by atoms with van der Waals surface area (Å²) in [7, 11) is 0. The van der Waals surface area contributed by atoms with Gasteiger partial charge in [-0.25, -0.2) is 0 Å². The zero-order valence-corrected chi connectivity index (χ0v) is 12.7. The molecule has 2 aliphatic rings. The van der Waals surface area contributed by atoms with Gasteiger partial charge in [0.15, 0.2) is 0 Å². The van der Waals surface area contributed by atoms with E-state index in [0.717, 1.165) is 32.5 Å². The Labute approximate surface area is 122 Å². The van der Waals surface area contributed by atoms with Gasteiger partial charge in [0.05, 0.1) is 25.4 Å². The summed E-state index contributed by atoms with van der Waals surface area (Å²) in [6.07, 6.45) is 4.61. The predicted molar refractivity (Wildman–Crippen MR) is 78.9 cm³/mol. The van der Waals surface area contributed by atoms with Crippen molar-refractivity contribution in [3.05, 3.63) is 0 Å². The molecule has 0 radical (unpaired) electrons. The fourth-order valence-electron chi connectivity index (χ4n) is 3.13. The number of nitrogens with zero attached hydrogens (tertiary/aromatic N) is 1. The van der Waals surface area contributed by atoms with Crippen LogP contribution in [0.2, 0.25) is 0 Å². The first-order chi connectivity index (χ1) is 9.79. The molecule has 118 valence electrons. The standard InChI is InChI=1S/C15H30N2O3/c1-2-17-7-3-5-13(17)9-16-10-14(18)11-19-12-15-6-4-8-20-15/h13-16,18H,2-12H2,1H3/t13-,14-,15-/m1/s1. The van der Waals surface area contributed by atoms with E-state index >= 15 is 0 Å². The average molecular weight is 286 g/mol. The molecule has 0 saturated carbocycles. The summed E-state index contributed by atoms with van der Waals surface area (Å²) < 4.78 is 11.0. The van der Waals surface area contributed by atoms with Crippen LogP contribution in [-0.4, -0.2) is 74.3 Å². The third-order valence-electron chi connectivity index (χ3n) is 4.30. The van der Waals surface area contributed by atoms with Gasteiger partial charge < -0.3 is 19.9 Å². The normalized spacial score (nSPS) is 29.1. The number of ether oxygens (including phenoxy) is 2. The number of nitrogens with one attached hydrogen (secondary N) is 1. The molecule has 0 aromatic heterocycles. The van der Waals surface area contributed by atoms with E-state index in [2.05, 4.69) is 17.1 Å². The molecule has 5 nitrogen and oxygen atoms in total. The Kier molecular flexibility index (Phi) is 7.24. The molecule has 0 unspecified atom stereocenters. The van der Waals surface area contributed by atoms with Crippen LogP contribution < -0.4 is 5.32 Å².